The van der Waals surface area contributed by atoms with Crippen molar-refractivity contribution < 1.29 is 23.6 Å². The molecule has 0 unspecified atom stereocenters. The first-order chi connectivity index (χ1) is 11.8. The van der Waals surface area contributed by atoms with Gasteiger partial charge in [-0.05, 0) is 31.2 Å². The molecule has 0 bridgehead atoms. The zero-order valence-corrected chi connectivity index (χ0v) is 13.6. The van der Waals surface area contributed by atoms with Gasteiger partial charge in [0.2, 0.25) is 5.82 Å². The molecule has 0 heterocycles. The first kappa shape index (κ1) is 18.3. The van der Waals surface area contributed by atoms with Crippen LogP contribution >= 0.6 is 11.6 Å². The van der Waals surface area contributed by atoms with Gasteiger partial charge in [0.1, 0.15) is 0 Å². The van der Waals surface area contributed by atoms with Gasteiger partial charge in [0.05, 0.1) is 15.5 Å². The molecule has 0 spiro atoms. The van der Waals surface area contributed by atoms with E-state index in [0.29, 0.717) is 0 Å². The molecule has 9 heteroatoms. The lowest BCUT2D eigenvalue weighted by Gasteiger charge is -2.14. The summed E-state index contributed by atoms with van der Waals surface area (Å²) in [5.41, 5.74) is -0.682. The van der Waals surface area contributed by atoms with Crippen molar-refractivity contribution in [1.29, 1.82) is 0 Å². The highest BCUT2D eigenvalue weighted by molar-refractivity contribution is 6.33. The third kappa shape index (κ3) is 4.51. The van der Waals surface area contributed by atoms with E-state index >= 15 is 0 Å². The van der Waals surface area contributed by atoms with Crippen LogP contribution in [0.25, 0.3) is 0 Å². The van der Waals surface area contributed by atoms with Gasteiger partial charge in [-0.25, -0.2) is 4.79 Å². The van der Waals surface area contributed by atoms with E-state index in [0.717, 1.165) is 18.2 Å². The van der Waals surface area contributed by atoms with Crippen LogP contribution in [0.5, 0.6) is 0 Å². The van der Waals surface area contributed by atoms with Crippen LogP contribution in [0.4, 0.5) is 15.8 Å². The number of amides is 1. The van der Waals surface area contributed by atoms with Crippen LogP contribution in [-0.4, -0.2) is 22.9 Å². The fourth-order valence-electron chi connectivity index (χ4n) is 1.88. The van der Waals surface area contributed by atoms with Crippen LogP contribution in [0.1, 0.15) is 17.3 Å². The van der Waals surface area contributed by atoms with Crippen molar-refractivity contribution in [2.75, 3.05) is 5.32 Å². The smallest absolute Gasteiger partial charge is 0.340 e. The van der Waals surface area contributed by atoms with Crippen LogP contribution in [-0.2, 0) is 9.53 Å². The molecule has 2 aromatic carbocycles. The molecule has 0 aromatic heterocycles. The number of ether oxygens (including phenoxy) is 1. The summed E-state index contributed by atoms with van der Waals surface area (Å²) in [5, 5.41) is 13.2. The monoisotopic (exact) mass is 366 g/mol. The maximum Gasteiger partial charge on any atom is 0.340 e. The highest BCUT2D eigenvalue weighted by Gasteiger charge is 2.22. The molecule has 0 saturated carbocycles. The lowest BCUT2D eigenvalue weighted by Crippen LogP contribution is -2.30. The first-order valence-electron chi connectivity index (χ1n) is 7.00. The van der Waals surface area contributed by atoms with Gasteiger partial charge in [0.15, 0.2) is 6.10 Å². The van der Waals surface area contributed by atoms with Crippen molar-refractivity contribution in [1.82, 2.24) is 0 Å². The molecule has 130 valence electrons. The first-order valence-corrected chi connectivity index (χ1v) is 7.37. The average Bonchev–Trinajstić information content (AvgIpc) is 2.56. The molecule has 7 nitrogen and oxygen atoms in total. The molecule has 0 aliphatic rings. The number of anilines is 1. The Hall–Kier alpha value is -3.00. The Morgan fingerprint density at radius 3 is 2.60 bits per heavy atom. The van der Waals surface area contributed by atoms with Crippen LogP contribution in [0.15, 0.2) is 42.5 Å². The summed E-state index contributed by atoms with van der Waals surface area (Å²) in [6.07, 6.45) is -1.20. The second kappa shape index (κ2) is 7.71. The van der Waals surface area contributed by atoms with Gasteiger partial charge in [-0.1, -0.05) is 23.7 Å². The predicted octanol–water partition coefficient (Wildman–Crippen LogP) is 3.57. The highest BCUT2D eigenvalue weighted by Crippen LogP contribution is 2.22. The molecule has 25 heavy (non-hydrogen) atoms. The molecule has 2 rings (SSSR count). The zero-order chi connectivity index (χ0) is 18.6. The fraction of sp³-hybridized carbons (Fsp3) is 0.125. The summed E-state index contributed by atoms with van der Waals surface area (Å²) in [7, 11) is 0. The Balaban J connectivity index is 2.06. The molecular weight excluding hydrogens is 355 g/mol. The van der Waals surface area contributed by atoms with Gasteiger partial charge in [-0.2, -0.15) is 4.39 Å². The fourth-order valence-corrected chi connectivity index (χ4v) is 2.09. The largest absolute Gasteiger partial charge is 0.449 e. The van der Waals surface area contributed by atoms with E-state index in [-0.39, 0.29) is 16.3 Å². The van der Waals surface area contributed by atoms with Crippen molar-refractivity contribution in [3.8, 4) is 0 Å². The quantitative estimate of drug-likeness (QED) is 0.495. The number of benzene rings is 2. The summed E-state index contributed by atoms with van der Waals surface area (Å²) in [6, 6.07) is 9.05. The van der Waals surface area contributed by atoms with Gasteiger partial charge in [-0.3, -0.25) is 14.9 Å². The lowest BCUT2D eigenvalue weighted by molar-refractivity contribution is -0.387. The summed E-state index contributed by atoms with van der Waals surface area (Å²) < 4.78 is 18.3. The number of rotatable bonds is 5. The number of carbonyl (C=O) groups excluding carboxylic acids is 2. The van der Waals surface area contributed by atoms with Crippen LogP contribution in [0.2, 0.25) is 5.02 Å². The number of hydrogen-bond acceptors (Lipinski definition) is 5. The van der Waals surface area contributed by atoms with Crippen molar-refractivity contribution in [2.24, 2.45) is 0 Å². The molecule has 0 saturated heterocycles. The van der Waals surface area contributed by atoms with Gasteiger partial charge >= 0.3 is 11.7 Å². The van der Waals surface area contributed by atoms with Gasteiger partial charge in [0.25, 0.3) is 5.91 Å². The van der Waals surface area contributed by atoms with Crippen LogP contribution in [0, 0.1) is 15.9 Å². The van der Waals surface area contributed by atoms with E-state index in [1.165, 1.54) is 19.1 Å². The van der Waals surface area contributed by atoms with Crippen LogP contribution < -0.4 is 5.32 Å². The van der Waals surface area contributed by atoms with E-state index in [9.17, 15) is 24.1 Å². The van der Waals surface area contributed by atoms with E-state index in [4.69, 9.17) is 16.3 Å². The summed E-state index contributed by atoms with van der Waals surface area (Å²) in [4.78, 5) is 33.8. The van der Waals surface area contributed by atoms with Crippen molar-refractivity contribution in [2.45, 2.75) is 13.0 Å². The predicted molar refractivity (Wildman–Crippen MR) is 88.0 cm³/mol. The van der Waals surface area contributed by atoms with Crippen molar-refractivity contribution >= 4 is 34.9 Å². The summed E-state index contributed by atoms with van der Waals surface area (Å²) in [5.74, 6) is -2.55. The summed E-state index contributed by atoms with van der Waals surface area (Å²) >= 11 is 5.87. The highest BCUT2D eigenvalue weighted by atomic mass is 35.5. The van der Waals surface area contributed by atoms with E-state index in [2.05, 4.69) is 5.32 Å². The molecule has 0 radical (unpaired) electrons. The maximum atomic E-state index is 13.3. The molecule has 1 N–H and O–H groups in total. The second-order valence-corrected chi connectivity index (χ2v) is 5.35. The minimum absolute atomic E-state index is 0.00116. The second-order valence-electron chi connectivity index (χ2n) is 4.94. The standard InChI is InChI=1S/C16H12ClFN2O5/c1-9(25-16(22)11-4-2-3-5-12(11)17)15(21)19-10-6-7-13(18)14(8-10)20(23)24/h2-9H,1H3,(H,19,21)/t9-/m0/s1. The number of nitro groups is 1. The molecule has 1 atom stereocenters. The lowest BCUT2D eigenvalue weighted by atomic mass is 10.2. The van der Waals surface area contributed by atoms with Gasteiger partial charge < -0.3 is 10.1 Å². The molecule has 2 aromatic rings. The third-order valence-corrected chi connectivity index (χ3v) is 3.49. The summed E-state index contributed by atoms with van der Waals surface area (Å²) in [6.45, 7) is 1.32. The molecular formula is C16H12ClFN2O5. The van der Waals surface area contributed by atoms with Crippen molar-refractivity contribution in [3.05, 3.63) is 69.0 Å². The normalized spacial score (nSPS) is 11.5. The molecule has 0 fully saturated rings. The Labute approximate surface area is 146 Å². The number of nitrogens with zero attached hydrogens (tertiary/aromatic N) is 1. The number of nitro benzene ring substituents is 1. The Kier molecular flexibility index (Phi) is 5.66. The minimum Gasteiger partial charge on any atom is -0.449 e. The zero-order valence-electron chi connectivity index (χ0n) is 12.9. The van der Waals surface area contributed by atoms with Gasteiger partial charge in [0, 0.05) is 11.8 Å². The number of hydrogen-bond donors (Lipinski definition) is 1. The van der Waals surface area contributed by atoms with E-state index in [1.54, 1.807) is 12.1 Å². The number of esters is 1. The van der Waals surface area contributed by atoms with Crippen LogP contribution in [0.3, 0.4) is 0 Å². The molecule has 0 aliphatic carbocycles. The number of carbonyl (C=O) groups is 2. The van der Waals surface area contributed by atoms with E-state index in [1.807, 2.05) is 0 Å². The molecule has 1 amide bonds. The maximum absolute atomic E-state index is 13.3. The van der Waals surface area contributed by atoms with Crippen molar-refractivity contribution in [3.63, 3.8) is 0 Å². The third-order valence-electron chi connectivity index (χ3n) is 3.16. The Morgan fingerprint density at radius 2 is 1.96 bits per heavy atom. The van der Waals surface area contributed by atoms with Gasteiger partial charge in [-0.15, -0.1) is 0 Å². The average molecular weight is 367 g/mol. The Morgan fingerprint density at radius 1 is 1.28 bits per heavy atom. The number of nitrogens with one attached hydrogen (secondary N) is 1. The van der Waals surface area contributed by atoms with E-state index < -0.39 is 34.4 Å². The Bertz CT molecular complexity index is 843. The SMILES string of the molecule is C[C@H](OC(=O)c1ccccc1Cl)C(=O)Nc1ccc(F)c([N+](=O)[O-])c1. The molecule has 0 aliphatic heterocycles. The topological polar surface area (TPSA) is 98.5 Å². The minimum atomic E-state index is -1.20. The number of halogens is 2.